The molecule has 2 N–H and O–H groups in total. The van der Waals surface area contributed by atoms with E-state index in [1.807, 2.05) is 0 Å². The summed E-state index contributed by atoms with van der Waals surface area (Å²) < 4.78 is 5.78. The molecule has 5 nitrogen and oxygen atoms in total. The Morgan fingerprint density at radius 1 is 1.25 bits per heavy atom. The van der Waals surface area contributed by atoms with E-state index >= 15 is 0 Å². The van der Waals surface area contributed by atoms with Gasteiger partial charge in [0.25, 0.3) is 0 Å². The fourth-order valence-electron chi connectivity index (χ4n) is 2.34. The molecule has 1 aromatic heterocycles. The standard InChI is InChI=1S/C13H20N4O.2ClH/c1-10-9-18-13-11(8-15-10)2-3-12(16-13)17-6-4-14-5-7-17;;/h2-3,10,14-15H,4-9H2,1H3;2*1H. The molecule has 1 atom stereocenters. The van der Waals surface area contributed by atoms with Gasteiger partial charge in [-0.2, -0.15) is 4.98 Å². The van der Waals surface area contributed by atoms with Crippen molar-refractivity contribution in [2.75, 3.05) is 37.7 Å². The average molecular weight is 321 g/mol. The normalized spacial score (nSPS) is 21.6. The van der Waals surface area contributed by atoms with Crippen molar-refractivity contribution in [3.63, 3.8) is 0 Å². The molecule has 114 valence electrons. The number of ether oxygens (including phenoxy) is 1. The maximum atomic E-state index is 5.78. The Bertz CT molecular complexity index is 427. The second kappa shape index (κ2) is 7.88. The number of rotatable bonds is 1. The summed E-state index contributed by atoms with van der Waals surface area (Å²) in [6, 6.07) is 4.61. The van der Waals surface area contributed by atoms with E-state index in [4.69, 9.17) is 4.74 Å². The lowest BCUT2D eigenvalue weighted by Crippen LogP contribution is -2.43. The lowest BCUT2D eigenvalue weighted by atomic mass is 10.2. The van der Waals surface area contributed by atoms with Gasteiger partial charge >= 0.3 is 0 Å². The minimum atomic E-state index is 0. The summed E-state index contributed by atoms with van der Waals surface area (Å²) in [6.07, 6.45) is 0. The van der Waals surface area contributed by atoms with Gasteiger partial charge in [-0.1, -0.05) is 0 Å². The molecule has 0 saturated carbocycles. The van der Waals surface area contributed by atoms with E-state index < -0.39 is 0 Å². The van der Waals surface area contributed by atoms with Crippen LogP contribution in [-0.4, -0.2) is 43.8 Å². The van der Waals surface area contributed by atoms with Crippen LogP contribution < -0.4 is 20.3 Å². The zero-order chi connectivity index (χ0) is 12.4. The Hall–Kier alpha value is -0.750. The summed E-state index contributed by atoms with van der Waals surface area (Å²) in [5, 5.41) is 6.76. The third-order valence-electron chi connectivity index (χ3n) is 3.48. The molecule has 0 radical (unpaired) electrons. The van der Waals surface area contributed by atoms with Crippen LogP contribution in [0.1, 0.15) is 12.5 Å². The van der Waals surface area contributed by atoms with Gasteiger partial charge in [-0.25, -0.2) is 0 Å². The maximum Gasteiger partial charge on any atom is 0.219 e. The van der Waals surface area contributed by atoms with Gasteiger partial charge in [0.2, 0.25) is 5.88 Å². The smallest absolute Gasteiger partial charge is 0.219 e. The molecule has 1 unspecified atom stereocenters. The molecular weight excluding hydrogens is 299 g/mol. The Morgan fingerprint density at radius 2 is 2.00 bits per heavy atom. The molecule has 20 heavy (non-hydrogen) atoms. The van der Waals surface area contributed by atoms with E-state index in [2.05, 4.69) is 39.6 Å². The van der Waals surface area contributed by atoms with Crippen molar-refractivity contribution in [1.29, 1.82) is 0 Å². The second-order valence-corrected chi connectivity index (χ2v) is 4.96. The van der Waals surface area contributed by atoms with Gasteiger partial charge in [-0.05, 0) is 19.1 Å². The van der Waals surface area contributed by atoms with Crippen LogP contribution in [0.2, 0.25) is 0 Å². The number of hydrogen-bond donors (Lipinski definition) is 2. The lowest BCUT2D eigenvalue weighted by Gasteiger charge is -2.28. The van der Waals surface area contributed by atoms with Crippen LogP contribution in [0.5, 0.6) is 5.88 Å². The van der Waals surface area contributed by atoms with Crippen LogP contribution in [0.25, 0.3) is 0 Å². The summed E-state index contributed by atoms with van der Waals surface area (Å²) in [5.74, 6) is 1.83. The van der Waals surface area contributed by atoms with E-state index in [-0.39, 0.29) is 24.8 Å². The SMILES string of the molecule is CC1COc2nc(N3CCNCC3)ccc2CN1.Cl.Cl. The molecule has 7 heteroatoms. The van der Waals surface area contributed by atoms with Gasteiger partial charge < -0.3 is 20.3 Å². The van der Waals surface area contributed by atoms with Crippen LogP contribution in [0.3, 0.4) is 0 Å². The van der Waals surface area contributed by atoms with Crippen molar-refractivity contribution in [1.82, 2.24) is 15.6 Å². The largest absolute Gasteiger partial charge is 0.476 e. The zero-order valence-corrected chi connectivity index (χ0v) is 13.2. The molecule has 0 amide bonds. The van der Waals surface area contributed by atoms with Gasteiger partial charge in [0.1, 0.15) is 12.4 Å². The van der Waals surface area contributed by atoms with E-state index in [0.717, 1.165) is 50.0 Å². The number of fused-ring (bicyclic) bond motifs is 1. The van der Waals surface area contributed by atoms with Crippen LogP contribution in [-0.2, 0) is 6.54 Å². The molecule has 2 aliphatic heterocycles. The maximum absolute atomic E-state index is 5.78. The van der Waals surface area contributed by atoms with Gasteiger partial charge in [0.15, 0.2) is 0 Å². The number of hydrogen-bond acceptors (Lipinski definition) is 5. The van der Waals surface area contributed by atoms with E-state index in [0.29, 0.717) is 12.6 Å². The molecule has 3 rings (SSSR count). The fourth-order valence-corrected chi connectivity index (χ4v) is 2.34. The van der Waals surface area contributed by atoms with Crippen LogP contribution >= 0.6 is 24.8 Å². The van der Waals surface area contributed by atoms with E-state index in [9.17, 15) is 0 Å². The van der Waals surface area contributed by atoms with Gasteiger partial charge in [-0.3, -0.25) is 0 Å². The number of piperazine rings is 1. The highest BCUT2D eigenvalue weighted by atomic mass is 35.5. The first-order valence-electron chi connectivity index (χ1n) is 6.65. The van der Waals surface area contributed by atoms with Crippen molar-refractivity contribution in [3.8, 4) is 5.88 Å². The molecule has 0 aromatic carbocycles. The molecule has 1 saturated heterocycles. The first-order valence-corrected chi connectivity index (χ1v) is 6.65. The van der Waals surface area contributed by atoms with E-state index in [1.54, 1.807) is 0 Å². The van der Waals surface area contributed by atoms with Crippen molar-refractivity contribution in [2.45, 2.75) is 19.5 Å². The number of halogens is 2. The molecular formula is C13H22Cl2N4O. The highest BCUT2D eigenvalue weighted by Crippen LogP contribution is 2.23. The minimum absolute atomic E-state index is 0. The molecule has 2 aliphatic rings. The van der Waals surface area contributed by atoms with Crippen LogP contribution in [0, 0.1) is 0 Å². The van der Waals surface area contributed by atoms with Gasteiger partial charge in [0.05, 0.1) is 0 Å². The molecule has 0 bridgehead atoms. The second-order valence-electron chi connectivity index (χ2n) is 4.96. The van der Waals surface area contributed by atoms with Crippen LogP contribution in [0.4, 0.5) is 5.82 Å². The van der Waals surface area contributed by atoms with Crippen molar-refractivity contribution in [2.24, 2.45) is 0 Å². The number of nitrogens with one attached hydrogen (secondary N) is 2. The zero-order valence-electron chi connectivity index (χ0n) is 11.6. The average Bonchev–Trinajstić information content (AvgIpc) is 2.62. The predicted octanol–water partition coefficient (Wildman–Crippen LogP) is 1.21. The fraction of sp³-hybridized carbons (Fsp3) is 0.615. The highest BCUT2D eigenvalue weighted by molar-refractivity contribution is 5.85. The Balaban J connectivity index is 0.000001000. The Morgan fingerprint density at radius 3 is 2.75 bits per heavy atom. The Labute approximate surface area is 132 Å². The molecule has 3 heterocycles. The topological polar surface area (TPSA) is 49.4 Å². The summed E-state index contributed by atoms with van der Waals surface area (Å²) in [7, 11) is 0. The van der Waals surface area contributed by atoms with Gasteiger partial charge in [-0.15, -0.1) is 24.8 Å². The Kier molecular flexibility index (Phi) is 6.82. The highest BCUT2D eigenvalue weighted by Gasteiger charge is 2.17. The summed E-state index contributed by atoms with van der Waals surface area (Å²) in [4.78, 5) is 6.97. The quantitative estimate of drug-likeness (QED) is 0.814. The summed E-state index contributed by atoms with van der Waals surface area (Å²) in [6.45, 7) is 7.73. The molecule has 1 aromatic rings. The molecule has 0 spiro atoms. The number of anilines is 1. The van der Waals surface area contributed by atoms with Crippen molar-refractivity contribution >= 4 is 30.6 Å². The summed E-state index contributed by atoms with van der Waals surface area (Å²) in [5.41, 5.74) is 1.15. The van der Waals surface area contributed by atoms with Crippen LogP contribution in [0.15, 0.2) is 12.1 Å². The third kappa shape index (κ3) is 3.88. The van der Waals surface area contributed by atoms with Gasteiger partial charge in [0, 0.05) is 44.3 Å². The van der Waals surface area contributed by atoms with Crippen molar-refractivity contribution < 1.29 is 4.74 Å². The molecule has 1 fully saturated rings. The molecule has 0 aliphatic carbocycles. The van der Waals surface area contributed by atoms with Crippen molar-refractivity contribution in [3.05, 3.63) is 17.7 Å². The monoisotopic (exact) mass is 320 g/mol. The third-order valence-corrected chi connectivity index (χ3v) is 3.48. The first kappa shape index (κ1) is 17.3. The number of aromatic nitrogens is 1. The first-order chi connectivity index (χ1) is 8.83. The minimum Gasteiger partial charge on any atom is -0.476 e. The lowest BCUT2D eigenvalue weighted by molar-refractivity contribution is 0.278. The number of pyridine rings is 1. The summed E-state index contributed by atoms with van der Waals surface area (Å²) >= 11 is 0. The van der Waals surface area contributed by atoms with E-state index in [1.165, 1.54) is 0 Å². The predicted molar refractivity (Wildman–Crippen MR) is 85.6 cm³/mol. The number of nitrogens with zero attached hydrogens (tertiary/aromatic N) is 2.